The lowest BCUT2D eigenvalue weighted by Crippen LogP contribution is -2.02. The van der Waals surface area contributed by atoms with Crippen LogP contribution in [0.1, 0.15) is 6.42 Å². The second-order valence-corrected chi connectivity index (χ2v) is 4.03. The van der Waals surface area contributed by atoms with Crippen LogP contribution in [0.5, 0.6) is 0 Å². The molecule has 0 aromatic heterocycles. The van der Waals surface area contributed by atoms with E-state index in [2.05, 4.69) is 47.3 Å². The lowest BCUT2D eigenvalue weighted by atomic mass is 10.3. The van der Waals surface area contributed by atoms with Crippen LogP contribution >= 0.6 is 0 Å². The Morgan fingerprint density at radius 2 is 1.56 bits per heavy atom. The molecule has 1 aromatic carbocycles. The average Bonchev–Trinajstić information content (AvgIpc) is 2.69. The first-order valence-electron chi connectivity index (χ1n) is 4.67. The molecule has 1 heterocycles. The summed E-state index contributed by atoms with van der Waals surface area (Å²) in [5, 5.41) is 0. The highest BCUT2D eigenvalue weighted by Gasteiger charge is 2.41. The van der Waals surface area contributed by atoms with E-state index >= 15 is 0 Å². The van der Waals surface area contributed by atoms with Crippen LogP contribution in [-0.2, 0) is 0 Å². The number of nitrogens with zero attached hydrogens (tertiary/aromatic N) is 1. The number of halogens is 4. The largest absolute Gasteiger partial charge is 1.04 e. The number of rotatable bonds is 1. The molecule has 1 aliphatic rings. The fraction of sp³-hybridized carbons (Fsp3) is 0.100. The third-order valence-electron chi connectivity index (χ3n) is 1.76. The van der Waals surface area contributed by atoms with Gasteiger partial charge in [0.25, 0.3) is 0 Å². The first-order valence-corrected chi connectivity index (χ1v) is 6.42. The van der Waals surface area contributed by atoms with Crippen molar-refractivity contribution in [3.63, 3.8) is 0 Å². The van der Waals surface area contributed by atoms with Crippen molar-refractivity contribution in [1.82, 2.24) is 0 Å². The van der Waals surface area contributed by atoms with Crippen LogP contribution in [0.4, 0.5) is 19.8 Å². The maximum Gasteiger partial charge on any atom is 1.04 e. The SMILES string of the molecule is C1=C[N+](c2ccccc2)=CC1.[F][Al-]([F])([F])[F]. The van der Waals surface area contributed by atoms with E-state index in [9.17, 15) is 14.1 Å². The van der Waals surface area contributed by atoms with Gasteiger partial charge in [-0.25, -0.2) is 0 Å². The predicted octanol–water partition coefficient (Wildman–Crippen LogP) is 3.62. The van der Waals surface area contributed by atoms with Crippen molar-refractivity contribution in [2.75, 3.05) is 0 Å². The van der Waals surface area contributed by atoms with Crippen LogP contribution in [-0.4, -0.2) is 25.7 Å². The van der Waals surface area contributed by atoms with Crippen molar-refractivity contribution in [2.45, 2.75) is 6.42 Å². The summed E-state index contributed by atoms with van der Waals surface area (Å²) in [4.78, 5) is 0. The lowest BCUT2D eigenvalue weighted by Gasteiger charge is -1.90. The second kappa shape index (κ2) is 5.83. The molecule has 0 atom stereocenters. The van der Waals surface area contributed by atoms with Crippen molar-refractivity contribution in [3.8, 4) is 0 Å². The van der Waals surface area contributed by atoms with Crippen LogP contribution in [0.3, 0.4) is 0 Å². The Morgan fingerprint density at radius 3 is 2.00 bits per heavy atom. The Balaban J connectivity index is 0.000000221. The summed E-state index contributed by atoms with van der Waals surface area (Å²) in [6.07, 6.45) is 7.45. The number of hydrogen-bond donors (Lipinski definition) is 0. The van der Waals surface area contributed by atoms with Gasteiger partial charge in [0.2, 0.25) is 5.69 Å². The predicted molar refractivity (Wildman–Crippen MR) is 56.4 cm³/mol. The molecule has 0 saturated heterocycles. The first kappa shape index (κ1) is 12.9. The summed E-state index contributed by atoms with van der Waals surface area (Å²) in [6, 6.07) is 10.3. The highest BCUT2D eigenvalue weighted by atomic mass is 27.5. The van der Waals surface area contributed by atoms with E-state index in [1.807, 2.05) is 6.07 Å². The molecule has 0 spiro atoms. The maximum atomic E-state index is 9.85. The molecule has 0 N–H and O–H groups in total. The van der Waals surface area contributed by atoms with Gasteiger partial charge >= 0.3 is 14.9 Å². The topological polar surface area (TPSA) is 3.01 Å². The fourth-order valence-corrected chi connectivity index (χ4v) is 1.20. The molecule has 0 fully saturated rings. The quantitative estimate of drug-likeness (QED) is 0.405. The minimum Gasteiger partial charge on any atom is -0.510 e. The highest BCUT2D eigenvalue weighted by molar-refractivity contribution is 6.50. The van der Waals surface area contributed by atoms with Crippen molar-refractivity contribution < 1.29 is 18.7 Å². The maximum absolute atomic E-state index is 9.85. The van der Waals surface area contributed by atoms with E-state index in [0.717, 1.165) is 6.42 Å². The molecule has 0 amide bonds. The van der Waals surface area contributed by atoms with Gasteiger partial charge in [-0.3, -0.25) is 0 Å². The monoisotopic (exact) mass is 247 g/mol. The molecule has 0 saturated carbocycles. The third-order valence-corrected chi connectivity index (χ3v) is 1.76. The molecule has 0 radical (unpaired) electrons. The van der Waals surface area contributed by atoms with Crippen LogP contribution in [0.2, 0.25) is 0 Å². The molecule has 2 rings (SSSR count). The van der Waals surface area contributed by atoms with Gasteiger partial charge in [0.1, 0.15) is 0 Å². The standard InChI is InChI=1S/C10H10N.Al.4FH/c1-2-6-10(7-3-1)11-8-4-5-9-11;;;;;/h1-4,6-9H,5H2;;4*1H/q+1;+3;;;;/p-4. The van der Waals surface area contributed by atoms with Gasteiger partial charge in [-0.15, -0.1) is 0 Å². The van der Waals surface area contributed by atoms with Crippen LogP contribution in [0.25, 0.3) is 0 Å². The molecule has 86 valence electrons. The summed E-state index contributed by atoms with van der Waals surface area (Å²) >= 11 is -6.83. The fourth-order valence-electron chi connectivity index (χ4n) is 1.20. The van der Waals surface area contributed by atoms with E-state index in [-0.39, 0.29) is 0 Å². The van der Waals surface area contributed by atoms with Gasteiger partial charge < -0.3 is 14.1 Å². The molecular weight excluding hydrogens is 237 g/mol. The zero-order valence-electron chi connectivity index (χ0n) is 8.36. The van der Waals surface area contributed by atoms with Gasteiger partial charge in [0, 0.05) is 18.6 Å². The molecule has 1 aliphatic heterocycles. The van der Waals surface area contributed by atoms with Gasteiger partial charge in [-0.1, -0.05) is 18.2 Å². The number of allylic oxidation sites excluding steroid dienone is 1. The van der Waals surface area contributed by atoms with E-state index in [1.54, 1.807) is 0 Å². The molecule has 0 bridgehead atoms. The number of benzene rings is 1. The Morgan fingerprint density at radius 1 is 1.00 bits per heavy atom. The Labute approximate surface area is 94.9 Å². The minimum atomic E-state index is -6.83. The van der Waals surface area contributed by atoms with Gasteiger partial charge in [0.05, 0.1) is 0 Å². The molecule has 16 heavy (non-hydrogen) atoms. The summed E-state index contributed by atoms with van der Waals surface area (Å²) in [5.74, 6) is 0. The van der Waals surface area contributed by atoms with Crippen LogP contribution in [0.15, 0.2) is 42.6 Å². The summed E-state index contributed by atoms with van der Waals surface area (Å²) < 4.78 is 41.6. The zero-order chi connectivity index (χ0) is 12.0. The summed E-state index contributed by atoms with van der Waals surface area (Å²) in [6.45, 7) is 0. The summed E-state index contributed by atoms with van der Waals surface area (Å²) in [7, 11) is 0. The second-order valence-electron chi connectivity index (χ2n) is 3.04. The van der Waals surface area contributed by atoms with Crippen molar-refractivity contribution in [1.29, 1.82) is 0 Å². The molecule has 1 aromatic rings. The first-order chi connectivity index (χ1) is 7.47. The smallest absolute Gasteiger partial charge is 0.510 e. The van der Waals surface area contributed by atoms with E-state index < -0.39 is 14.9 Å². The Hall–Kier alpha value is -1.12. The summed E-state index contributed by atoms with van der Waals surface area (Å²) in [5.41, 5.74) is 1.24. The van der Waals surface area contributed by atoms with Gasteiger partial charge in [0.15, 0.2) is 12.4 Å². The van der Waals surface area contributed by atoms with Crippen molar-refractivity contribution in [3.05, 3.63) is 42.6 Å². The third kappa shape index (κ3) is 5.69. The van der Waals surface area contributed by atoms with Crippen LogP contribution < -0.4 is 0 Å². The molecule has 6 heteroatoms. The Kier molecular flexibility index (Phi) is 4.72. The number of hydrogen-bond acceptors (Lipinski definition) is 0. The molecule has 0 aliphatic carbocycles. The van der Waals surface area contributed by atoms with Crippen LogP contribution in [0, 0.1) is 0 Å². The van der Waals surface area contributed by atoms with Gasteiger partial charge in [-0.05, 0) is 6.08 Å². The molecular formula is C10H10AlF4N. The van der Waals surface area contributed by atoms with Gasteiger partial charge in [-0.2, -0.15) is 4.58 Å². The van der Waals surface area contributed by atoms with Crippen molar-refractivity contribution >= 4 is 26.8 Å². The minimum absolute atomic E-state index is 1.05. The lowest BCUT2D eigenvalue weighted by molar-refractivity contribution is -0.351. The zero-order valence-corrected chi connectivity index (χ0v) is 9.52. The van der Waals surface area contributed by atoms with E-state index in [1.165, 1.54) is 5.69 Å². The highest BCUT2D eigenvalue weighted by Crippen LogP contribution is 2.12. The molecule has 0 unspecified atom stereocenters. The molecule has 1 nitrogen and oxygen atoms in total. The number of para-hydroxylation sites is 1. The van der Waals surface area contributed by atoms with E-state index in [4.69, 9.17) is 0 Å². The normalized spacial score (nSPS) is 14.1. The van der Waals surface area contributed by atoms with Crippen molar-refractivity contribution in [2.24, 2.45) is 0 Å². The van der Waals surface area contributed by atoms with E-state index in [0.29, 0.717) is 0 Å². The average molecular weight is 247 g/mol. The Bertz CT molecular complexity index is 378.